The number of hydrogen-bond acceptors (Lipinski definition) is 2. The average molecular weight is 217 g/mol. The molecule has 86 valence electrons. The highest BCUT2D eigenvalue weighted by molar-refractivity contribution is 5.73. The lowest BCUT2D eigenvalue weighted by atomic mass is 10.0. The number of nitrogens with one attached hydrogen (secondary N) is 1. The maximum atomic E-state index is 5.24. The molecular weight excluding hydrogens is 198 g/mol. The zero-order chi connectivity index (χ0) is 11.4. The van der Waals surface area contributed by atoms with Gasteiger partial charge in [0.15, 0.2) is 0 Å². The molecular formula is C14H19NO. The Balaban J connectivity index is 2.06. The molecule has 0 saturated carbocycles. The number of fused-ring (bicyclic) bond motifs is 1. The number of rotatable bonds is 5. The minimum atomic E-state index is 0.958. The van der Waals surface area contributed by atoms with Crippen molar-refractivity contribution in [1.82, 2.24) is 5.32 Å². The summed E-state index contributed by atoms with van der Waals surface area (Å²) in [6, 6.07) is 6.37. The number of hydrogen-bond donors (Lipinski definition) is 1. The van der Waals surface area contributed by atoms with Crippen LogP contribution in [0.2, 0.25) is 0 Å². The van der Waals surface area contributed by atoms with Gasteiger partial charge in [0.2, 0.25) is 0 Å². The Morgan fingerprint density at radius 3 is 3.00 bits per heavy atom. The van der Waals surface area contributed by atoms with Crippen molar-refractivity contribution in [2.45, 2.75) is 19.8 Å². The van der Waals surface area contributed by atoms with Crippen LogP contribution in [0, 0.1) is 0 Å². The van der Waals surface area contributed by atoms with Gasteiger partial charge in [-0.25, -0.2) is 0 Å². The Bertz CT molecular complexity index is 396. The molecule has 1 aromatic carbocycles. The molecule has 0 atom stereocenters. The van der Waals surface area contributed by atoms with E-state index in [2.05, 4.69) is 30.4 Å². The van der Waals surface area contributed by atoms with Crippen molar-refractivity contribution in [3.63, 3.8) is 0 Å². The van der Waals surface area contributed by atoms with E-state index >= 15 is 0 Å². The van der Waals surface area contributed by atoms with Gasteiger partial charge in [-0.2, -0.15) is 0 Å². The van der Waals surface area contributed by atoms with E-state index in [0.29, 0.717) is 0 Å². The first-order valence-electron chi connectivity index (χ1n) is 5.92. The summed E-state index contributed by atoms with van der Waals surface area (Å²) in [7, 11) is 1.72. The molecule has 1 aliphatic carbocycles. The topological polar surface area (TPSA) is 21.3 Å². The fourth-order valence-electron chi connectivity index (χ4n) is 2.16. The van der Waals surface area contributed by atoms with Gasteiger partial charge < -0.3 is 10.1 Å². The van der Waals surface area contributed by atoms with Crippen LogP contribution < -0.4 is 10.1 Å². The Hall–Kier alpha value is -1.28. The molecule has 0 fully saturated rings. The summed E-state index contributed by atoms with van der Waals surface area (Å²) in [4.78, 5) is 0. The van der Waals surface area contributed by atoms with E-state index in [1.165, 1.54) is 16.7 Å². The fourth-order valence-corrected chi connectivity index (χ4v) is 2.16. The first kappa shape index (κ1) is 11.2. The highest BCUT2D eigenvalue weighted by Gasteiger charge is 2.13. The van der Waals surface area contributed by atoms with Crippen LogP contribution in [0.15, 0.2) is 24.3 Å². The molecule has 0 spiro atoms. The lowest BCUT2D eigenvalue weighted by Gasteiger charge is -2.08. The minimum absolute atomic E-state index is 0.958. The molecule has 0 bridgehead atoms. The number of benzene rings is 1. The molecule has 1 N–H and O–H groups in total. The molecule has 2 nitrogen and oxygen atoms in total. The molecule has 1 aromatic rings. The van der Waals surface area contributed by atoms with E-state index in [-0.39, 0.29) is 0 Å². The monoisotopic (exact) mass is 217 g/mol. The Kier molecular flexibility index (Phi) is 3.62. The van der Waals surface area contributed by atoms with Crippen LogP contribution in [0.5, 0.6) is 5.75 Å². The van der Waals surface area contributed by atoms with Crippen LogP contribution in [-0.4, -0.2) is 20.2 Å². The van der Waals surface area contributed by atoms with Crippen LogP contribution in [0.25, 0.3) is 5.57 Å². The largest absolute Gasteiger partial charge is 0.497 e. The lowest BCUT2D eigenvalue weighted by Crippen LogP contribution is -2.14. The van der Waals surface area contributed by atoms with Crippen LogP contribution in [0.1, 0.15) is 24.5 Å². The first-order valence-corrected chi connectivity index (χ1v) is 5.92. The first-order chi connectivity index (χ1) is 7.85. The molecule has 0 unspecified atom stereocenters. The Morgan fingerprint density at radius 2 is 2.25 bits per heavy atom. The van der Waals surface area contributed by atoms with Crippen molar-refractivity contribution in [3.05, 3.63) is 35.4 Å². The van der Waals surface area contributed by atoms with Crippen LogP contribution >= 0.6 is 0 Å². The quantitative estimate of drug-likeness (QED) is 0.766. The number of ether oxygens (including phenoxy) is 1. The van der Waals surface area contributed by atoms with Gasteiger partial charge in [0.05, 0.1) is 7.11 Å². The fraction of sp³-hybridized carbons (Fsp3) is 0.429. The van der Waals surface area contributed by atoms with Crippen molar-refractivity contribution >= 4 is 5.57 Å². The van der Waals surface area contributed by atoms with Crippen LogP contribution in [0.4, 0.5) is 0 Å². The van der Waals surface area contributed by atoms with E-state index in [4.69, 9.17) is 4.74 Å². The molecule has 2 rings (SSSR count). The van der Waals surface area contributed by atoms with Crippen LogP contribution in [-0.2, 0) is 6.42 Å². The van der Waals surface area contributed by atoms with Gasteiger partial charge in [-0.3, -0.25) is 0 Å². The van der Waals surface area contributed by atoms with Crippen molar-refractivity contribution in [2.75, 3.05) is 20.2 Å². The highest BCUT2D eigenvalue weighted by Crippen LogP contribution is 2.31. The van der Waals surface area contributed by atoms with E-state index < -0.39 is 0 Å². The van der Waals surface area contributed by atoms with Gasteiger partial charge in [-0.1, -0.05) is 19.1 Å². The number of allylic oxidation sites excluding steroid dienone is 1. The third-order valence-electron chi connectivity index (χ3n) is 3.05. The second-order valence-electron chi connectivity index (χ2n) is 4.06. The summed E-state index contributed by atoms with van der Waals surface area (Å²) in [5, 5.41) is 3.36. The lowest BCUT2D eigenvalue weighted by molar-refractivity contribution is 0.414. The maximum Gasteiger partial charge on any atom is 0.119 e. The summed E-state index contributed by atoms with van der Waals surface area (Å²) in [5.41, 5.74) is 4.27. The molecule has 0 heterocycles. The highest BCUT2D eigenvalue weighted by atomic mass is 16.5. The smallest absolute Gasteiger partial charge is 0.119 e. The van der Waals surface area contributed by atoms with Gasteiger partial charge in [0.25, 0.3) is 0 Å². The zero-order valence-corrected chi connectivity index (χ0v) is 10.0. The van der Waals surface area contributed by atoms with E-state index in [1.54, 1.807) is 7.11 Å². The van der Waals surface area contributed by atoms with Gasteiger partial charge in [0.1, 0.15) is 5.75 Å². The van der Waals surface area contributed by atoms with E-state index in [0.717, 1.165) is 31.7 Å². The minimum Gasteiger partial charge on any atom is -0.497 e. The average Bonchev–Trinajstić information content (AvgIpc) is 2.72. The molecule has 0 amide bonds. The summed E-state index contributed by atoms with van der Waals surface area (Å²) in [6.07, 6.45) is 4.50. The number of methoxy groups -OCH3 is 1. The van der Waals surface area contributed by atoms with Crippen LogP contribution in [0.3, 0.4) is 0 Å². The third kappa shape index (κ3) is 2.27. The second-order valence-corrected chi connectivity index (χ2v) is 4.06. The van der Waals surface area contributed by atoms with Crippen molar-refractivity contribution < 1.29 is 4.74 Å². The SMILES string of the molecule is CCNCCC1=CCc2cc(OC)ccc21. The summed E-state index contributed by atoms with van der Waals surface area (Å²) in [6.45, 7) is 4.25. The molecule has 0 aromatic heterocycles. The Labute approximate surface area is 97.3 Å². The molecule has 2 heteroatoms. The molecule has 0 aliphatic heterocycles. The van der Waals surface area contributed by atoms with Gasteiger partial charge >= 0.3 is 0 Å². The van der Waals surface area contributed by atoms with Crippen molar-refractivity contribution in [1.29, 1.82) is 0 Å². The molecule has 0 radical (unpaired) electrons. The molecule has 0 saturated heterocycles. The summed E-state index contributed by atoms with van der Waals surface area (Å²) in [5.74, 6) is 0.958. The van der Waals surface area contributed by atoms with E-state index in [9.17, 15) is 0 Å². The van der Waals surface area contributed by atoms with Gasteiger partial charge in [0, 0.05) is 0 Å². The van der Waals surface area contributed by atoms with Crippen molar-refractivity contribution in [3.8, 4) is 5.75 Å². The van der Waals surface area contributed by atoms with Gasteiger partial charge in [-0.15, -0.1) is 0 Å². The van der Waals surface area contributed by atoms with Crippen molar-refractivity contribution in [2.24, 2.45) is 0 Å². The third-order valence-corrected chi connectivity index (χ3v) is 3.05. The summed E-state index contributed by atoms with van der Waals surface area (Å²) >= 11 is 0. The standard InChI is InChI=1S/C14H19NO/c1-3-15-9-8-11-4-5-12-10-13(16-2)6-7-14(11)12/h4,6-7,10,15H,3,5,8-9H2,1-2H3. The second kappa shape index (κ2) is 5.17. The zero-order valence-electron chi connectivity index (χ0n) is 10.0. The van der Waals surface area contributed by atoms with Gasteiger partial charge in [-0.05, 0) is 54.8 Å². The summed E-state index contributed by atoms with van der Waals surface area (Å²) < 4.78 is 5.24. The molecule has 1 aliphatic rings. The van der Waals surface area contributed by atoms with E-state index in [1.807, 2.05) is 6.07 Å². The predicted octanol–water partition coefficient (Wildman–Crippen LogP) is 2.63. The predicted molar refractivity (Wildman–Crippen MR) is 67.8 cm³/mol. The normalized spacial score (nSPS) is 13.5. The molecule has 16 heavy (non-hydrogen) atoms. The maximum absolute atomic E-state index is 5.24. The Morgan fingerprint density at radius 1 is 1.38 bits per heavy atom.